The van der Waals surface area contributed by atoms with Crippen LogP contribution < -0.4 is 5.32 Å². The zero-order valence-electron chi connectivity index (χ0n) is 10.8. The highest BCUT2D eigenvalue weighted by atomic mass is 19.3. The third-order valence-electron chi connectivity index (χ3n) is 2.82. The number of rotatable bonds is 4. The molecule has 104 valence electrons. The first-order valence-corrected chi connectivity index (χ1v) is 6.03. The maximum absolute atomic E-state index is 12.6. The van der Waals surface area contributed by atoms with Gasteiger partial charge in [-0.05, 0) is 24.6 Å². The Bertz CT molecular complexity index is 590. The minimum absolute atomic E-state index is 0.0642. The number of carbonyl (C=O) groups is 1. The fourth-order valence-corrected chi connectivity index (χ4v) is 1.74. The second-order valence-corrected chi connectivity index (χ2v) is 4.26. The lowest BCUT2D eigenvalue weighted by atomic mass is 10.1. The number of hydrogen-bond acceptors (Lipinski definition) is 3. The first kappa shape index (κ1) is 14.0. The molecule has 1 N–H and O–H groups in total. The molecule has 6 heteroatoms. The van der Waals surface area contributed by atoms with Crippen LogP contribution in [0.4, 0.5) is 8.78 Å². The summed E-state index contributed by atoms with van der Waals surface area (Å²) in [6.07, 6.45) is 0.209. The number of aromatic nitrogens is 2. The molecule has 0 aliphatic heterocycles. The number of halogens is 2. The van der Waals surface area contributed by atoms with Crippen LogP contribution >= 0.6 is 0 Å². The standard InChI is InChI=1S/C14H13F2N3O/c1-9(10-3-2-4-11(7-10)13(15)16)19-14(20)12-5-6-17-8-18-12/h2-9,13H,1H3,(H,19,20). The molecule has 1 heterocycles. The Labute approximate surface area is 114 Å². The van der Waals surface area contributed by atoms with Gasteiger partial charge in [-0.3, -0.25) is 4.79 Å². The maximum atomic E-state index is 12.6. The van der Waals surface area contributed by atoms with Gasteiger partial charge in [0, 0.05) is 11.8 Å². The molecule has 0 spiro atoms. The minimum Gasteiger partial charge on any atom is -0.344 e. The SMILES string of the molecule is CC(NC(=O)c1ccncn1)c1cccc(C(F)F)c1. The van der Waals surface area contributed by atoms with Crippen LogP contribution in [0, 0.1) is 0 Å². The van der Waals surface area contributed by atoms with Gasteiger partial charge < -0.3 is 5.32 Å². The predicted octanol–water partition coefficient (Wildman–Crippen LogP) is 2.91. The number of amides is 1. The van der Waals surface area contributed by atoms with E-state index >= 15 is 0 Å². The van der Waals surface area contributed by atoms with Crippen LogP contribution in [0.2, 0.25) is 0 Å². The smallest absolute Gasteiger partial charge is 0.270 e. The van der Waals surface area contributed by atoms with Gasteiger partial charge in [0.05, 0.1) is 6.04 Å². The first-order chi connectivity index (χ1) is 9.58. The fraction of sp³-hybridized carbons (Fsp3) is 0.214. The van der Waals surface area contributed by atoms with Crippen LogP contribution in [0.5, 0.6) is 0 Å². The normalized spacial score (nSPS) is 12.2. The van der Waals surface area contributed by atoms with Crippen LogP contribution in [0.1, 0.15) is 41.0 Å². The summed E-state index contributed by atoms with van der Waals surface area (Å²) in [5.74, 6) is -0.373. The molecular weight excluding hydrogens is 264 g/mol. The van der Waals surface area contributed by atoms with Crippen molar-refractivity contribution in [3.05, 3.63) is 59.7 Å². The molecule has 2 rings (SSSR count). The van der Waals surface area contributed by atoms with Crippen molar-refractivity contribution in [2.75, 3.05) is 0 Å². The van der Waals surface area contributed by atoms with Gasteiger partial charge in [-0.25, -0.2) is 18.7 Å². The lowest BCUT2D eigenvalue weighted by molar-refractivity contribution is 0.0934. The molecule has 0 aliphatic carbocycles. The molecule has 0 saturated heterocycles. The molecule has 20 heavy (non-hydrogen) atoms. The van der Waals surface area contributed by atoms with E-state index in [1.165, 1.54) is 30.7 Å². The largest absolute Gasteiger partial charge is 0.344 e. The monoisotopic (exact) mass is 277 g/mol. The van der Waals surface area contributed by atoms with Crippen LogP contribution in [0.3, 0.4) is 0 Å². The molecule has 4 nitrogen and oxygen atoms in total. The van der Waals surface area contributed by atoms with E-state index in [0.29, 0.717) is 5.56 Å². The predicted molar refractivity (Wildman–Crippen MR) is 69.3 cm³/mol. The van der Waals surface area contributed by atoms with Crippen molar-refractivity contribution in [1.29, 1.82) is 0 Å². The Kier molecular flexibility index (Phi) is 4.34. The van der Waals surface area contributed by atoms with E-state index in [1.807, 2.05) is 0 Å². The van der Waals surface area contributed by atoms with Gasteiger partial charge in [-0.1, -0.05) is 18.2 Å². The van der Waals surface area contributed by atoms with E-state index in [9.17, 15) is 13.6 Å². The lowest BCUT2D eigenvalue weighted by Gasteiger charge is -2.15. The minimum atomic E-state index is -2.53. The van der Waals surface area contributed by atoms with Gasteiger partial charge in [0.25, 0.3) is 12.3 Å². The molecule has 1 amide bonds. The maximum Gasteiger partial charge on any atom is 0.270 e. The summed E-state index contributed by atoms with van der Waals surface area (Å²) >= 11 is 0. The van der Waals surface area contributed by atoms with Crippen molar-refractivity contribution in [2.24, 2.45) is 0 Å². The highest BCUT2D eigenvalue weighted by Crippen LogP contribution is 2.22. The molecule has 0 radical (unpaired) electrons. The Balaban J connectivity index is 2.10. The van der Waals surface area contributed by atoms with Gasteiger partial charge >= 0.3 is 0 Å². The molecule has 0 bridgehead atoms. The number of nitrogens with zero attached hydrogens (tertiary/aromatic N) is 2. The van der Waals surface area contributed by atoms with Gasteiger partial charge in [0.2, 0.25) is 0 Å². The summed E-state index contributed by atoms with van der Waals surface area (Å²) in [4.78, 5) is 19.4. The number of hydrogen-bond donors (Lipinski definition) is 1. The molecule has 1 unspecified atom stereocenters. The lowest BCUT2D eigenvalue weighted by Crippen LogP contribution is -2.27. The number of nitrogens with one attached hydrogen (secondary N) is 1. The molecule has 1 aromatic carbocycles. The van der Waals surface area contributed by atoms with Crippen molar-refractivity contribution in [3.8, 4) is 0 Å². The van der Waals surface area contributed by atoms with Crippen molar-refractivity contribution < 1.29 is 13.6 Å². The molecule has 1 aromatic heterocycles. The van der Waals surface area contributed by atoms with Gasteiger partial charge in [0.1, 0.15) is 12.0 Å². The van der Waals surface area contributed by atoms with Crippen LogP contribution in [-0.2, 0) is 0 Å². The average molecular weight is 277 g/mol. The van der Waals surface area contributed by atoms with Crippen LogP contribution in [-0.4, -0.2) is 15.9 Å². The molecular formula is C14H13F2N3O. The van der Waals surface area contributed by atoms with Gasteiger partial charge in [-0.2, -0.15) is 0 Å². The summed E-state index contributed by atoms with van der Waals surface area (Å²) in [6.45, 7) is 1.73. The topological polar surface area (TPSA) is 54.9 Å². The van der Waals surface area contributed by atoms with Crippen molar-refractivity contribution in [3.63, 3.8) is 0 Å². The van der Waals surface area contributed by atoms with E-state index in [1.54, 1.807) is 19.1 Å². The van der Waals surface area contributed by atoms with E-state index in [0.717, 1.165) is 0 Å². The Hall–Kier alpha value is -2.37. The average Bonchev–Trinajstić information content (AvgIpc) is 2.48. The van der Waals surface area contributed by atoms with Crippen molar-refractivity contribution >= 4 is 5.91 Å². The summed E-state index contributed by atoms with van der Waals surface area (Å²) in [5, 5.41) is 2.70. The van der Waals surface area contributed by atoms with Gasteiger partial charge in [-0.15, -0.1) is 0 Å². The molecule has 0 fully saturated rings. The van der Waals surface area contributed by atoms with Gasteiger partial charge in [0.15, 0.2) is 0 Å². The number of alkyl halides is 2. The Morgan fingerprint density at radius 2 is 2.00 bits per heavy atom. The van der Waals surface area contributed by atoms with E-state index in [4.69, 9.17) is 0 Å². The molecule has 0 aliphatic rings. The van der Waals surface area contributed by atoms with E-state index < -0.39 is 12.5 Å². The van der Waals surface area contributed by atoms with E-state index in [2.05, 4.69) is 15.3 Å². The highest BCUT2D eigenvalue weighted by molar-refractivity contribution is 5.92. The zero-order chi connectivity index (χ0) is 14.5. The molecule has 1 atom stereocenters. The van der Waals surface area contributed by atoms with Crippen molar-refractivity contribution in [2.45, 2.75) is 19.4 Å². The second-order valence-electron chi connectivity index (χ2n) is 4.26. The van der Waals surface area contributed by atoms with Crippen molar-refractivity contribution in [1.82, 2.24) is 15.3 Å². The van der Waals surface area contributed by atoms with E-state index in [-0.39, 0.29) is 17.2 Å². The Morgan fingerprint density at radius 3 is 2.65 bits per heavy atom. The third-order valence-corrected chi connectivity index (χ3v) is 2.82. The summed E-state index contributed by atoms with van der Waals surface area (Å²) in [6, 6.07) is 7.07. The molecule has 0 saturated carbocycles. The number of carbonyl (C=O) groups excluding carboxylic acids is 1. The third kappa shape index (κ3) is 3.34. The molecule has 2 aromatic rings. The second kappa shape index (κ2) is 6.18. The summed E-state index contributed by atoms with van der Waals surface area (Å²) in [5.41, 5.74) is 0.785. The summed E-state index contributed by atoms with van der Waals surface area (Å²) < 4.78 is 25.3. The summed E-state index contributed by atoms with van der Waals surface area (Å²) in [7, 11) is 0. The zero-order valence-corrected chi connectivity index (χ0v) is 10.8. The quantitative estimate of drug-likeness (QED) is 0.934. The highest BCUT2D eigenvalue weighted by Gasteiger charge is 2.14. The Morgan fingerprint density at radius 1 is 1.25 bits per heavy atom. The first-order valence-electron chi connectivity index (χ1n) is 6.03. The van der Waals surface area contributed by atoms with Crippen LogP contribution in [0.15, 0.2) is 42.9 Å². The fourth-order valence-electron chi connectivity index (χ4n) is 1.74. The number of benzene rings is 1. The van der Waals surface area contributed by atoms with Crippen LogP contribution in [0.25, 0.3) is 0 Å².